The Labute approximate surface area is 207 Å². The van der Waals surface area contributed by atoms with E-state index in [1.54, 1.807) is 17.9 Å². The highest BCUT2D eigenvalue weighted by Crippen LogP contribution is 2.45. The number of halogens is 1. The molecule has 4 aromatic rings. The molecule has 5 rings (SSSR count). The van der Waals surface area contributed by atoms with Gasteiger partial charge in [-0.3, -0.25) is 0 Å². The summed E-state index contributed by atoms with van der Waals surface area (Å²) in [6, 6.07) is 5.67. The molecule has 1 unspecified atom stereocenters. The predicted molar refractivity (Wildman–Crippen MR) is 134 cm³/mol. The molecule has 10 heteroatoms. The van der Waals surface area contributed by atoms with Crippen molar-refractivity contribution < 1.29 is 9.84 Å². The maximum absolute atomic E-state index is 12.3. The summed E-state index contributed by atoms with van der Waals surface area (Å²) in [4.78, 5) is 12.4. The summed E-state index contributed by atoms with van der Waals surface area (Å²) >= 11 is 8.41. The number of aliphatic hydroxyl groups is 1. The van der Waals surface area contributed by atoms with Crippen molar-refractivity contribution in [3.05, 3.63) is 56.3 Å². The summed E-state index contributed by atoms with van der Waals surface area (Å²) in [5, 5.41) is 22.5. The second-order valence-corrected chi connectivity index (χ2v) is 10.5. The van der Waals surface area contributed by atoms with E-state index in [1.165, 1.54) is 11.3 Å². The maximum Gasteiger partial charge on any atom is 0.181 e. The second-order valence-electron chi connectivity index (χ2n) is 8.92. The van der Waals surface area contributed by atoms with E-state index < -0.39 is 5.60 Å². The van der Waals surface area contributed by atoms with Gasteiger partial charge in [-0.1, -0.05) is 22.9 Å². The second kappa shape index (κ2) is 8.48. The number of thiazole rings is 1. The molecule has 1 fully saturated rings. The van der Waals surface area contributed by atoms with Crippen LogP contribution in [0, 0.1) is 13.8 Å². The zero-order valence-corrected chi connectivity index (χ0v) is 21.4. The van der Waals surface area contributed by atoms with Gasteiger partial charge in [-0.25, -0.2) is 14.6 Å². The summed E-state index contributed by atoms with van der Waals surface area (Å²) in [6.45, 7) is 9.63. The van der Waals surface area contributed by atoms with Crippen LogP contribution in [0.1, 0.15) is 47.1 Å². The SMILES string of the molecule is Cc1nc(C)c(C(O)(c2ccc3nc(N4CCC4)c(OC(C)C)c(Cl)c3c2)c2cnnn2C)s1. The van der Waals surface area contributed by atoms with Crippen LogP contribution in [0.4, 0.5) is 5.82 Å². The van der Waals surface area contributed by atoms with Crippen molar-refractivity contribution in [1.29, 1.82) is 0 Å². The number of aryl methyl sites for hydroxylation is 3. The lowest BCUT2D eigenvalue weighted by atomic mass is 9.87. The Morgan fingerprint density at radius 2 is 1.97 bits per heavy atom. The van der Waals surface area contributed by atoms with Crippen molar-refractivity contribution in [3.8, 4) is 5.75 Å². The van der Waals surface area contributed by atoms with Crippen molar-refractivity contribution in [2.45, 2.75) is 45.8 Å². The fourth-order valence-electron chi connectivity index (χ4n) is 4.38. The number of rotatable bonds is 6. The molecular formula is C24H27ClN6O2S. The van der Waals surface area contributed by atoms with E-state index in [-0.39, 0.29) is 6.10 Å². The molecule has 1 N–H and O–H groups in total. The van der Waals surface area contributed by atoms with Gasteiger partial charge < -0.3 is 14.7 Å². The van der Waals surface area contributed by atoms with E-state index in [2.05, 4.69) is 20.2 Å². The Bertz CT molecular complexity index is 1380. The molecule has 1 aliphatic rings. The van der Waals surface area contributed by atoms with E-state index in [9.17, 15) is 5.11 Å². The zero-order chi connectivity index (χ0) is 24.2. The van der Waals surface area contributed by atoms with Crippen molar-refractivity contribution in [3.63, 3.8) is 0 Å². The monoisotopic (exact) mass is 498 g/mol. The van der Waals surface area contributed by atoms with Crippen LogP contribution < -0.4 is 9.64 Å². The number of hydrogen-bond acceptors (Lipinski definition) is 8. The van der Waals surface area contributed by atoms with E-state index in [0.29, 0.717) is 27.4 Å². The molecule has 0 amide bonds. The molecule has 4 heterocycles. The van der Waals surface area contributed by atoms with Crippen LogP contribution in [0.15, 0.2) is 24.4 Å². The fraction of sp³-hybridized carbons (Fsp3) is 0.417. The molecule has 3 aromatic heterocycles. The van der Waals surface area contributed by atoms with E-state index in [1.807, 2.05) is 45.9 Å². The number of pyridine rings is 1. The molecule has 1 aromatic carbocycles. The molecule has 0 radical (unpaired) electrons. The van der Waals surface area contributed by atoms with E-state index >= 15 is 0 Å². The summed E-state index contributed by atoms with van der Waals surface area (Å²) in [6.07, 6.45) is 2.65. The summed E-state index contributed by atoms with van der Waals surface area (Å²) in [5.41, 5.74) is 1.16. The molecule has 0 saturated carbocycles. The molecule has 1 saturated heterocycles. The number of anilines is 1. The first-order valence-corrected chi connectivity index (χ1v) is 12.5. The number of ether oxygens (including phenoxy) is 1. The summed E-state index contributed by atoms with van der Waals surface area (Å²) in [7, 11) is 1.76. The van der Waals surface area contributed by atoms with Gasteiger partial charge in [0.05, 0.1) is 38.4 Å². The third kappa shape index (κ3) is 3.62. The highest BCUT2D eigenvalue weighted by molar-refractivity contribution is 7.11. The van der Waals surface area contributed by atoms with Crippen LogP contribution in [-0.4, -0.2) is 49.3 Å². The molecule has 1 aliphatic heterocycles. The third-order valence-corrected chi connectivity index (χ3v) is 7.66. The van der Waals surface area contributed by atoms with Crippen LogP contribution in [0.3, 0.4) is 0 Å². The van der Waals surface area contributed by atoms with Gasteiger partial charge >= 0.3 is 0 Å². The quantitative estimate of drug-likeness (QED) is 0.422. The minimum absolute atomic E-state index is 0.0553. The van der Waals surface area contributed by atoms with Crippen LogP contribution >= 0.6 is 22.9 Å². The molecule has 8 nitrogen and oxygen atoms in total. The molecular weight excluding hydrogens is 472 g/mol. The number of nitrogens with zero attached hydrogens (tertiary/aromatic N) is 6. The average molecular weight is 499 g/mol. The normalized spacial score (nSPS) is 15.6. The Morgan fingerprint density at radius 1 is 1.21 bits per heavy atom. The molecule has 0 spiro atoms. The average Bonchev–Trinajstić information content (AvgIpc) is 3.33. The van der Waals surface area contributed by atoms with Crippen molar-refractivity contribution >= 4 is 39.7 Å². The van der Waals surface area contributed by atoms with Crippen molar-refractivity contribution in [2.24, 2.45) is 7.05 Å². The highest BCUT2D eigenvalue weighted by atomic mass is 35.5. The third-order valence-electron chi connectivity index (χ3n) is 6.11. The Balaban J connectivity index is 1.75. The van der Waals surface area contributed by atoms with Gasteiger partial charge in [0.15, 0.2) is 17.2 Å². The first kappa shape index (κ1) is 23.0. The van der Waals surface area contributed by atoms with Crippen molar-refractivity contribution in [2.75, 3.05) is 18.0 Å². The number of benzene rings is 1. The predicted octanol–water partition coefficient (Wildman–Crippen LogP) is 4.37. The molecule has 0 aliphatic carbocycles. The minimum atomic E-state index is -1.51. The van der Waals surface area contributed by atoms with Crippen molar-refractivity contribution in [1.82, 2.24) is 25.0 Å². The van der Waals surface area contributed by atoms with Gasteiger partial charge in [0.25, 0.3) is 0 Å². The van der Waals surface area contributed by atoms with E-state index in [0.717, 1.165) is 46.4 Å². The lowest BCUT2D eigenvalue weighted by Gasteiger charge is -2.34. The molecule has 0 bridgehead atoms. The molecule has 34 heavy (non-hydrogen) atoms. The smallest absolute Gasteiger partial charge is 0.181 e. The fourth-order valence-corrected chi connectivity index (χ4v) is 5.70. The van der Waals surface area contributed by atoms with Gasteiger partial charge in [0, 0.05) is 25.5 Å². The van der Waals surface area contributed by atoms with Gasteiger partial charge in [-0.2, -0.15) is 0 Å². The standard InChI is InChI=1S/C24H27ClN6O2S/c1-13(2)33-21-20(25)17-11-16(7-8-18(17)28-23(21)31-9-6-10-31)24(32,19-12-26-29-30(19)5)22-14(3)27-15(4)34-22/h7-8,11-13,32H,6,9-10H2,1-5H3. The van der Waals surface area contributed by atoms with Gasteiger partial charge in [0.1, 0.15) is 5.69 Å². The van der Waals surface area contributed by atoms with Gasteiger partial charge in [-0.15, -0.1) is 16.4 Å². The first-order valence-electron chi connectivity index (χ1n) is 11.3. The lowest BCUT2D eigenvalue weighted by Crippen LogP contribution is -2.38. The van der Waals surface area contributed by atoms with E-state index in [4.69, 9.17) is 21.3 Å². The molecule has 178 valence electrons. The van der Waals surface area contributed by atoms with Crippen LogP contribution in [0.25, 0.3) is 10.9 Å². The Kier molecular flexibility index (Phi) is 5.74. The number of fused-ring (bicyclic) bond motifs is 1. The van der Waals surface area contributed by atoms with Crippen LogP contribution in [0.5, 0.6) is 5.75 Å². The summed E-state index contributed by atoms with van der Waals surface area (Å²) < 4.78 is 7.72. The van der Waals surface area contributed by atoms with Crippen LogP contribution in [0.2, 0.25) is 5.02 Å². The lowest BCUT2D eigenvalue weighted by molar-refractivity contribution is 0.119. The zero-order valence-electron chi connectivity index (χ0n) is 19.8. The van der Waals surface area contributed by atoms with Gasteiger partial charge in [-0.05, 0) is 51.8 Å². The van der Waals surface area contributed by atoms with Gasteiger partial charge in [0.2, 0.25) is 0 Å². The Morgan fingerprint density at radius 3 is 2.53 bits per heavy atom. The highest BCUT2D eigenvalue weighted by Gasteiger charge is 2.41. The first-order chi connectivity index (χ1) is 16.2. The number of aromatic nitrogens is 5. The molecule has 1 atom stereocenters. The Hall–Kier alpha value is -2.75. The summed E-state index contributed by atoms with van der Waals surface area (Å²) in [5.74, 6) is 1.35. The maximum atomic E-state index is 12.3. The van der Waals surface area contributed by atoms with Crippen LogP contribution in [-0.2, 0) is 12.6 Å². The number of hydrogen-bond donors (Lipinski definition) is 1. The minimum Gasteiger partial charge on any atom is -0.486 e. The largest absolute Gasteiger partial charge is 0.486 e. The topological polar surface area (TPSA) is 89.2 Å².